The Bertz CT molecular complexity index is 589. The van der Waals surface area contributed by atoms with E-state index in [0.717, 1.165) is 12.3 Å². The average Bonchev–Trinajstić information content (AvgIpc) is 2.38. The van der Waals surface area contributed by atoms with Crippen molar-refractivity contribution in [1.82, 2.24) is 4.98 Å². The number of halogens is 3. The highest BCUT2D eigenvalue weighted by molar-refractivity contribution is 5.88. The van der Waals surface area contributed by atoms with Gasteiger partial charge in [-0.2, -0.15) is 13.2 Å². The molecule has 0 atom stereocenters. The van der Waals surface area contributed by atoms with E-state index in [2.05, 4.69) is 4.98 Å². The standard InChI is InChI=1S/C13H8F3NO2/c14-13(15,16)10-5-6-11(17-7-10)8-1-3-9(4-2-8)12(18)19/h1-7H,(H,18,19). The minimum absolute atomic E-state index is 0.107. The normalized spacial score (nSPS) is 11.3. The van der Waals surface area contributed by atoms with Gasteiger partial charge in [0.05, 0.1) is 16.8 Å². The first kappa shape index (κ1) is 13.1. The minimum Gasteiger partial charge on any atom is -0.478 e. The summed E-state index contributed by atoms with van der Waals surface area (Å²) in [6, 6.07) is 7.93. The molecule has 0 fully saturated rings. The van der Waals surface area contributed by atoms with Crippen LogP contribution < -0.4 is 0 Å². The second kappa shape index (κ2) is 4.72. The molecule has 0 aliphatic heterocycles. The second-order valence-electron chi connectivity index (χ2n) is 3.81. The van der Waals surface area contributed by atoms with Gasteiger partial charge in [-0.05, 0) is 24.3 Å². The Morgan fingerprint density at radius 3 is 2.11 bits per heavy atom. The summed E-state index contributed by atoms with van der Waals surface area (Å²) in [6.45, 7) is 0. The number of alkyl halides is 3. The molecular formula is C13H8F3NO2. The highest BCUT2D eigenvalue weighted by Crippen LogP contribution is 2.29. The van der Waals surface area contributed by atoms with E-state index in [4.69, 9.17) is 5.11 Å². The molecule has 1 aromatic carbocycles. The van der Waals surface area contributed by atoms with Crippen molar-refractivity contribution in [3.63, 3.8) is 0 Å². The molecule has 0 spiro atoms. The zero-order valence-corrected chi connectivity index (χ0v) is 9.48. The summed E-state index contributed by atoms with van der Waals surface area (Å²) in [5, 5.41) is 8.73. The topological polar surface area (TPSA) is 50.2 Å². The third kappa shape index (κ3) is 2.90. The van der Waals surface area contributed by atoms with Gasteiger partial charge in [-0.1, -0.05) is 12.1 Å². The van der Waals surface area contributed by atoms with Crippen LogP contribution in [0.25, 0.3) is 11.3 Å². The molecule has 19 heavy (non-hydrogen) atoms. The largest absolute Gasteiger partial charge is 0.478 e. The summed E-state index contributed by atoms with van der Waals surface area (Å²) in [4.78, 5) is 14.4. The molecule has 6 heteroatoms. The number of nitrogens with zero attached hydrogens (tertiary/aromatic N) is 1. The first-order valence-corrected chi connectivity index (χ1v) is 5.25. The van der Waals surface area contributed by atoms with Crippen molar-refractivity contribution >= 4 is 5.97 Å². The summed E-state index contributed by atoms with van der Waals surface area (Å²) >= 11 is 0. The lowest BCUT2D eigenvalue weighted by Crippen LogP contribution is -2.05. The Labute approximate surface area is 106 Å². The van der Waals surface area contributed by atoms with Crippen molar-refractivity contribution < 1.29 is 23.1 Å². The molecule has 0 bridgehead atoms. The van der Waals surface area contributed by atoms with Crippen molar-refractivity contribution in [2.45, 2.75) is 6.18 Å². The van der Waals surface area contributed by atoms with Crippen molar-refractivity contribution in [3.8, 4) is 11.3 Å². The quantitative estimate of drug-likeness (QED) is 0.906. The molecule has 0 aliphatic carbocycles. The van der Waals surface area contributed by atoms with Crippen molar-refractivity contribution in [2.24, 2.45) is 0 Å². The Hall–Kier alpha value is -2.37. The number of carbonyl (C=O) groups is 1. The predicted molar refractivity (Wildman–Crippen MR) is 61.6 cm³/mol. The van der Waals surface area contributed by atoms with Crippen LogP contribution in [0, 0.1) is 0 Å². The molecule has 3 nitrogen and oxygen atoms in total. The van der Waals surface area contributed by atoms with Crippen LogP contribution >= 0.6 is 0 Å². The zero-order chi connectivity index (χ0) is 14.0. The molecule has 2 rings (SSSR count). The molecule has 1 aromatic heterocycles. The van der Waals surface area contributed by atoms with Crippen LogP contribution in [0.4, 0.5) is 13.2 Å². The smallest absolute Gasteiger partial charge is 0.417 e. The first-order chi connectivity index (χ1) is 8.88. The van der Waals surface area contributed by atoms with Crippen molar-refractivity contribution in [3.05, 3.63) is 53.7 Å². The summed E-state index contributed by atoms with van der Waals surface area (Å²) < 4.78 is 37.1. The molecule has 0 radical (unpaired) electrons. The number of hydrogen-bond donors (Lipinski definition) is 1. The molecule has 0 aliphatic rings. The fourth-order valence-corrected chi connectivity index (χ4v) is 1.52. The number of hydrogen-bond acceptors (Lipinski definition) is 2. The van der Waals surface area contributed by atoms with Crippen LogP contribution in [0.2, 0.25) is 0 Å². The van der Waals surface area contributed by atoms with Crippen LogP contribution in [0.1, 0.15) is 15.9 Å². The molecule has 98 valence electrons. The van der Waals surface area contributed by atoms with E-state index in [9.17, 15) is 18.0 Å². The highest BCUT2D eigenvalue weighted by atomic mass is 19.4. The van der Waals surface area contributed by atoms with E-state index >= 15 is 0 Å². The second-order valence-corrected chi connectivity index (χ2v) is 3.81. The minimum atomic E-state index is -4.42. The third-order valence-electron chi connectivity index (χ3n) is 2.52. The summed E-state index contributed by atoms with van der Waals surface area (Å²) in [6.07, 6.45) is -3.67. The third-order valence-corrected chi connectivity index (χ3v) is 2.52. The molecule has 1 N–H and O–H groups in total. The van der Waals surface area contributed by atoms with Gasteiger partial charge in [0.2, 0.25) is 0 Å². The number of pyridine rings is 1. The van der Waals surface area contributed by atoms with Gasteiger partial charge in [-0.15, -0.1) is 0 Å². The number of carboxylic acids is 1. The molecule has 0 unspecified atom stereocenters. The van der Waals surface area contributed by atoms with E-state index in [1.54, 1.807) is 0 Å². The number of carboxylic acid groups (broad SMARTS) is 1. The lowest BCUT2D eigenvalue weighted by atomic mass is 10.1. The maximum absolute atomic E-state index is 12.4. The van der Waals surface area contributed by atoms with Crippen LogP contribution in [0.5, 0.6) is 0 Å². The van der Waals surface area contributed by atoms with Gasteiger partial charge in [-0.3, -0.25) is 4.98 Å². The number of benzene rings is 1. The maximum atomic E-state index is 12.4. The zero-order valence-electron chi connectivity index (χ0n) is 9.48. The molecule has 1 heterocycles. The van der Waals surface area contributed by atoms with Gasteiger partial charge in [0.1, 0.15) is 0 Å². The van der Waals surface area contributed by atoms with E-state index in [0.29, 0.717) is 11.3 Å². The molecule has 0 saturated carbocycles. The summed E-state index contributed by atoms with van der Waals surface area (Å²) in [7, 11) is 0. The van der Waals surface area contributed by atoms with Gasteiger partial charge in [0, 0.05) is 11.8 Å². The highest BCUT2D eigenvalue weighted by Gasteiger charge is 2.30. The molecule has 0 saturated heterocycles. The van der Waals surface area contributed by atoms with Crippen molar-refractivity contribution in [2.75, 3.05) is 0 Å². The van der Waals surface area contributed by atoms with Crippen molar-refractivity contribution in [1.29, 1.82) is 0 Å². The van der Waals surface area contributed by atoms with Gasteiger partial charge in [0.15, 0.2) is 0 Å². The number of aromatic nitrogens is 1. The van der Waals surface area contributed by atoms with Crippen LogP contribution in [0.3, 0.4) is 0 Å². The molecule has 2 aromatic rings. The van der Waals surface area contributed by atoms with Crippen LogP contribution in [-0.4, -0.2) is 16.1 Å². The van der Waals surface area contributed by atoms with Gasteiger partial charge in [0.25, 0.3) is 0 Å². The molecular weight excluding hydrogens is 259 g/mol. The predicted octanol–water partition coefficient (Wildman–Crippen LogP) is 3.47. The van der Waals surface area contributed by atoms with Gasteiger partial charge >= 0.3 is 12.1 Å². The monoisotopic (exact) mass is 267 g/mol. The Balaban J connectivity index is 2.30. The van der Waals surface area contributed by atoms with E-state index in [1.807, 2.05) is 0 Å². The maximum Gasteiger partial charge on any atom is 0.417 e. The van der Waals surface area contributed by atoms with E-state index in [1.165, 1.54) is 30.3 Å². The SMILES string of the molecule is O=C(O)c1ccc(-c2ccc(C(F)(F)F)cn2)cc1. The van der Waals surface area contributed by atoms with Gasteiger partial charge in [-0.25, -0.2) is 4.79 Å². The Kier molecular flexibility index (Phi) is 3.25. The molecule has 0 amide bonds. The first-order valence-electron chi connectivity index (χ1n) is 5.25. The summed E-state index contributed by atoms with van der Waals surface area (Å²) in [5.41, 5.74) is 0.192. The Morgan fingerprint density at radius 1 is 1.05 bits per heavy atom. The van der Waals surface area contributed by atoms with E-state index < -0.39 is 17.7 Å². The fourth-order valence-electron chi connectivity index (χ4n) is 1.52. The summed E-state index contributed by atoms with van der Waals surface area (Å²) in [5.74, 6) is -1.06. The van der Waals surface area contributed by atoms with Crippen LogP contribution in [0.15, 0.2) is 42.6 Å². The fraction of sp³-hybridized carbons (Fsp3) is 0.0769. The Morgan fingerprint density at radius 2 is 1.68 bits per heavy atom. The average molecular weight is 267 g/mol. The lowest BCUT2D eigenvalue weighted by Gasteiger charge is -2.07. The van der Waals surface area contributed by atoms with Crippen LogP contribution in [-0.2, 0) is 6.18 Å². The number of rotatable bonds is 2. The number of aromatic carboxylic acids is 1. The lowest BCUT2D eigenvalue weighted by molar-refractivity contribution is -0.137. The van der Waals surface area contributed by atoms with E-state index in [-0.39, 0.29) is 5.56 Å². The van der Waals surface area contributed by atoms with Gasteiger partial charge < -0.3 is 5.11 Å².